The van der Waals surface area contributed by atoms with E-state index in [4.69, 9.17) is 10.5 Å². The fraction of sp³-hybridized carbons (Fsp3) is 0.286. The SMILES string of the molecule is NC1CCC(N(CC=Cc2ccccc2)Cc2cccc(Oc3ccccc3)c2)CC1. The fourth-order valence-corrected chi connectivity index (χ4v) is 4.26. The lowest BCUT2D eigenvalue weighted by Gasteiger charge is -2.35. The van der Waals surface area contributed by atoms with Crippen molar-refractivity contribution < 1.29 is 4.74 Å². The van der Waals surface area contributed by atoms with Gasteiger partial charge in [-0.1, -0.05) is 72.8 Å². The van der Waals surface area contributed by atoms with E-state index in [9.17, 15) is 0 Å². The van der Waals surface area contributed by atoms with Crippen LogP contribution < -0.4 is 10.5 Å². The molecule has 3 heteroatoms. The van der Waals surface area contributed by atoms with Crippen LogP contribution in [-0.4, -0.2) is 23.5 Å². The second-order valence-electron chi connectivity index (χ2n) is 8.37. The van der Waals surface area contributed by atoms with Crippen molar-refractivity contribution in [3.63, 3.8) is 0 Å². The first-order valence-corrected chi connectivity index (χ1v) is 11.3. The van der Waals surface area contributed by atoms with Crippen molar-refractivity contribution >= 4 is 6.08 Å². The molecule has 1 saturated carbocycles. The van der Waals surface area contributed by atoms with Gasteiger partial charge in [-0.3, -0.25) is 4.90 Å². The summed E-state index contributed by atoms with van der Waals surface area (Å²) in [6.45, 7) is 1.84. The first-order valence-electron chi connectivity index (χ1n) is 11.3. The number of nitrogens with zero attached hydrogens (tertiary/aromatic N) is 1. The van der Waals surface area contributed by atoms with Gasteiger partial charge in [-0.25, -0.2) is 0 Å². The Morgan fingerprint density at radius 1 is 0.806 bits per heavy atom. The van der Waals surface area contributed by atoms with Crippen molar-refractivity contribution in [2.24, 2.45) is 5.73 Å². The lowest BCUT2D eigenvalue weighted by Crippen LogP contribution is -2.40. The highest BCUT2D eigenvalue weighted by molar-refractivity contribution is 5.48. The van der Waals surface area contributed by atoms with Crippen molar-refractivity contribution in [1.82, 2.24) is 4.90 Å². The topological polar surface area (TPSA) is 38.5 Å². The van der Waals surface area contributed by atoms with Gasteiger partial charge in [0.05, 0.1) is 0 Å². The molecule has 0 saturated heterocycles. The Labute approximate surface area is 186 Å². The average Bonchev–Trinajstić information content (AvgIpc) is 2.81. The minimum Gasteiger partial charge on any atom is -0.457 e. The predicted octanol–water partition coefficient (Wildman–Crippen LogP) is 6.26. The van der Waals surface area contributed by atoms with Crippen LogP contribution in [-0.2, 0) is 6.54 Å². The van der Waals surface area contributed by atoms with Gasteiger partial charge in [0.2, 0.25) is 0 Å². The quantitative estimate of drug-likeness (QED) is 0.474. The van der Waals surface area contributed by atoms with Crippen LogP contribution in [0.4, 0.5) is 0 Å². The van der Waals surface area contributed by atoms with Crippen LogP contribution in [0, 0.1) is 0 Å². The van der Waals surface area contributed by atoms with E-state index < -0.39 is 0 Å². The van der Waals surface area contributed by atoms with Gasteiger partial charge in [-0.15, -0.1) is 0 Å². The molecule has 3 aromatic carbocycles. The summed E-state index contributed by atoms with van der Waals surface area (Å²) in [7, 11) is 0. The smallest absolute Gasteiger partial charge is 0.127 e. The molecule has 0 radical (unpaired) electrons. The zero-order valence-corrected chi connectivity index (χ0v) is 18.1. The molecule has 0 aromatic heterocycles. The number of hydrogen-bond acceptors (Lipinski definition) is 3. The monoisotopic (exact) mass is 412 g/mol. The number of benzene rings is 3. The Kier molecular flexibility index (Phi) is 7.54. The number of hydrogen-bond donors (Lipinski definition) is 1. The lowest BCUT2D eigenvalue weighted by molar-refractivity contribution is 0.157. The van der Waals surface area contributed by atoms with Crippen molar-refractivity contribution in [3.8, 4) is 11.5 Å². The molecule has 4 rings (SSSR count). The highest BCUT2D eigenvalue weighted by atomic mass is 16.5. The van der Waals surface area contributed by atoms with E-state index in [1.165, 1.54) is 24.0 Å². The Bertz CT molecular complexity index is 947. The summed E-state index contributed by atoms with van der Waals surface area (Å²) < 4.78 is 6.05. The van der Waals surface area contributed by atoms with E-state index in [-0.39, 0.29) is 0 Å². The molecule has 1 aliphatic rings. The van der Waals surface area contributed by atoms with Gasteiger partial charge in [0, 0.05) is 25.2 Å². The Morgan fingerprint density at radius 2 is 1.48 bits per heavy atom. The summed E-state index contributed by atoms with van der Waals surface area (Å²) in [5, 5.41) is 0. The lowest BCUT2D eigenvalue weighted by atomic mass is 9.90. The maximum Gasteiger partial charge on any atom is 0.127 e. The van der Waals surface area contributed by atoms with E-state index in [1.807, 2.05) is 36.4 Å². The minimum absolute atomic E-state index is 0.362. The molecule has 3 aromatic rings. The Morgan fingerprint density at radius 3 is 2.23 bits per heavy atom. The largest absolute Gasteiger partial charge is 0.457 e. The first kappa shape index (κ1) is 21.4. The van der Waals surface area contributed by atoms with Gasteiger partial charge in [-0.2, -0.15) is 0 Å². The zero-order chi connectivity index (χ0) is 21.3. The molecule has 0 unspecified atom stereocenters. The molecule has 160 valence electrons. The second kappa shape index (κ2) is 10.9. The van der Waals surface area contributed by atoms with Crippen molar-refractivity contribution in [1.29, 1.82) is 0 Å². The van der Waals surface area contributed by atoms with E-state index in [0.29, 0.717) is 12.1 Å². The number of nitrogens with two attached hydrogens (primary N) is 1. The third-order valence-electron chi connectivity index (χ3n) is 5.97. The van der Waals surface area contributed by atoms with Crippen LogP contribution in [0.1, 0.15) is 36.8 Å². The van der Waals surface area contributed by atoms with Gasteiger partial charge in [-0.05, 0) is 61.1 Å². The normalized spacial score (nSPS) is 19.0. The van der Waals surface area contributed by atoms with Crippen LogP contribution in [0.3, 0.4) is 0 Å². The molecule has 0 bridgehead atoms. The molecule has 1 aliphatic carbocycles. The predicted molar refractivity (Wildman–Crippen MR) is 129 cm³/mol. The number of para-hydroxylation sites is 1. The van der Waals surface area contributed by atoms with Gasteiger partial charge < -0.3 is 10.5 Å². The summed E-state index contributed by atoms with van der Waals surface area (Å²) in [6.07, 6.45) is 9.06. The van der Waals surface area contributed by atoms with Gasteiger partial charge in [0.15, 0.2) is 0 Å². The third kappa shape index (κ3) is 6.55. The highest BCUT2D eigenvalue weighted by Gasteiger charge is 2.23. The van der Waals surface area contributed by atoms with Crippen LogP contribution >= 0.6 is 0 Å². The molecule has 2 N–H and O–H groups in total. The van der Waals surface area contributed by atoms with Crippen LogP contribution in [0.15, 0.2) is 91.0 Å². The van der Waals surface area contributed by atoms with Gasteiger partial charge in [0.1, 0.15) is 11.5 Å². The van der Waals surface area contributed by atoms with Crippen LogP contribution in [0.2, 0.25) is 0 Å². The van der Waals surface area contributed by atoms with E-state index in [0.717, 1.165) is 37.4 Å². The molecule has 0 aliphatic heterocycles. The maximum atomic E-state index is 6.17. The van der Waals surface area contributed by atoms with Crippen LogP contribution in [0.25, 0.3) is 6.08 Å². The fourth-order valence-electron chi connectivity index (χ4n) is 4.26. The molecule has 31 heavy (non-hydrogen) atoms. The van der Waals surface area contributed by atoms with E-state index in [1.54, 1.807) is 0 Å². The maximum absolute atomic E-state index is 6.17. The van der Waals surface area contributed by atoms with E-state index in [2.05, 4.69) is 65.6 Å². The summed E-state index contributed by atoms with van der Waals surface area (Å²) >= 11 is 0. The molecule has 3 nitrogen and oxygen atoms in total. The molecule has 0 atom stereocenters. The number of rotatable bonds is 8. The average molecular weight is 413 g/mol. The van der Waals surface area contributed by atoms with Crippen molar-refractivity contribution in [2.45, 2.75) is 44.3 Å². The molecule has 0 spiro atoms. The second-order valence-corrected chi connectivity index (χ2v) is 8.37. The highest BCUT2D eigenvalue weighted by Crippen LogP contribution is 2.26. The minimum atomic E-state index is 0.362. The van der Waals surface area contributed by atoms with Gasteiger partial charge in [0.25, 0.3) is 0 Å². The molecular weight excluding hydrogens is 380 g/mol. The van der Waals surface area contributed by atoms with Crippen molar-refractivity contribution in [2.75, 3.05) is 6.54 Å². The summed E-state index contributed by atoms with van der Waals surface area (Å²) in [5.41, 5.74) is 8.69. The molecule has 1 fully saturated rings. The van der Waals surface area contributed by atoms with E-state index >= 15 is 0 Å². The van der Waals surface area contributed by atoms with Gasteiger partial charge >= 0.3 is 0 Å². The molecule has 0 amide bonds. The number of ether oxygens (including phenoxy) is 1. The summed E-state index contributed by atoms with van der Waals surface area (Å²) in [4.78, 5) is 2.59. The zero-order valence-electron chi connectivity index (χ0n) is 18.1. The summed E-state index contributed by atoms with van der Waals surface area (Å²) in [5.74, 6) is 1.75. The van der Waals surface area contributed by atoms with Crippen LogP contribution in [0.5, 0.6) is 11.5 Å². The summed E-state index contributed by atoms with van der Waals surface area (Å²) in [6, 6.07) is 29.9. The third-order valence-corrected chi connectivity index (χ3v) is 5.97. The Hall–Kier alpha value is -2.88. The molecular formula is C28H32N2O. The van der Waals surface area contributed by atoms with Crippen molar-refractivity contribution in [3.05, 3.63) is 102 Å². The molecule has 0 heterocycles. The standard InChI is InChI=1S/C28H32N2O/c29-25-16-18-26(19-17-25)30(20-8-12-23-9-3-1-4-10-23)22-24-11-7-15-28(21-24)31-27-13-5-2-6-14-27/h1-15,21,25-26H,16-20,22,29H2. The first-order chi connectivity index (χ1) is 15.3. The Balaban J connectivity index is 1.46.